The van der Waals surface area contributed by atoms with Crippen molar-refractivity contribution in [2.75, 3.05) is 6.61 Å². The maximum atomic E-state index is 12.7. The maximum absolute atomic E-state index is 12.7. The summed E-state index contributed by atoms with van der Waals surface area (Å²) >= 11 is 0. The Labute approximate surface area is 152 Å². The Hall–Kier alpha value is -3.16. The smallest absolute Gasteiger partial charge is 0.416 e. The summed E-state index contributed by atoms with van der Waals surface area (Å²) < 4.78 is 44.6. The van der Waals surface area contributed by atoms with Crippen LogP contribution in [0.3, 0.4) is 0 Å². The van der Waals surface area contributed by atoms with Crippen molar-refractivity contribution < 1.29 is 22.7 Å². The number of hydrogen-bond donors (Lipinski definition) is 0. The summed E-state index contributed by atoms with van der Waals surface area (Å²) in [5.74, 6) is -0.755. The van der Waals surface area contributed by atoms with E-state index in [0.717, 1.165) is 12.1 Å². The van der Waals surface area contributed by atoms with Crippen LogP contribution in [-0.4, -0.2) is 22.1 Å². The molecule has 0 saturated carbocycles. The molecule has 0 aliphatic heterocycles. The van der Waals surface area contributed by atoms with E-state index in [0.29, 0.717) is 11.2 Å². The van der Waals surface area contributed by atoms with Crippen LogP contribution in [0.2, 0.25) is 0 Å². The van der Waals surface area contributed by atoms with E-state index < -0.39 is 23.1 Å². The highest BCUT2D eigenvalue weighted by atomic mass is 19.4. The Balaban J connectivity index is 2.07. The van der Waals surface area contributed by atoms with Gasteiger partial charge in [-0.05, 0) is 36.8 Å². The fourth-order valence-corrected chi connectivity index (χ4v) is 2.69. The number of hydrogen-bond acceptors (Lipinski definition) is 4. The van der Waals surface area contributed by atoms with Gasteiger partial charge in [0.2, 0.25) is 5.43 Å². The van der Waals surface area contributed by atoms with Gasteiger partial charge in [-0.3, -0.25) is 4.79 Å². The zero-order valence-corrected chi connectivity index (χ0v) is 14.3. The molecule has 27 heavy (non-hydrogen) atoms. The molecule has 3 aromatic rings. The summed E-state index contributed by atoms with van der Waals surface area (Å²) in [5.41, 5.74) is -0.505. The Morgan fingerprint density at radius 3 is 2.52 bits per heavy atom. The molecule has 0 unspecified atom stereocenters. The van der Waals surface area contributed by atoms with Crippen molar-refractivity contribution in [2.45, 2.75) is 19.6 Å². The van der Waals surface area contributed by atoms with Gasteiger partial charge in [0.25, 0.3) is 0 Å². The Morgan fingerprint density at radius 1 is 1.19 bits per heavy atom. The van der Waals surface area contributed by atoms with Crippen LogP contribution in [0.5, 0.6) is 0 Å². The van der Waals surface area contributed by atoms with Gasteiger partial charge in [-0.25, -0.2) is 9.78 Å². The monoisotopic (exact) mass is 376 g/mol. The fourth-order valence-electron chi connectivity index (χ4n) is 2.69. The summed E-state index contributed by atoms with van der Waals surface area (Å²) in [7, 11) is 0. The number of carbonyl (C=O) groups is 1. The minimum Gasteiger partial charge on any atom is -0.462 e. The largest absolute Gasteiger partial charge is 0.462 e. The van der Waals surface area contributed by atoms with Crippen LogP contribution in [0.25, 0.3) is 11.0 Å². The van der Waals surface area contributed by atoms with Crippen molar-refractivity contribution in [2.24, 2.45) is 0 Å². The number of alkyl halides is 3. The van der Waals surface area contributed by atoms with Gasteiger partial charge in [0.15, 0.2) is 0 Å². The molecule has 0 atom stereocenters. The number of esters is 1. The van der Waals surface area contributed by atoms with Crippen LogP contribution < -0.4 is 5.43 Å². The summed E-state index contributed by atoms with van der Waals surface area (Å²) in [5, 5.41) is 0.231. The van der Waals surface area contributed by atoms with Gasteiger partial charge < -0.3 is 9.30 Å². The van der Waals surface area contributed by atoms with Gasteiger partial charge in [-0.1, -0.05) is 12.1 Å². The van der Waals surface area contributed by atoms with Gasteiger partial charge in [-0.2, -0.15) is 13.2 Å². The van der Waals surface area contributed by atoms with E-state index in [1.165, 1.54) is 30.6 Å². The molecule has 0 radical (unpaired) electrons. The van der Waals surface area contributed by atoms with E-state index in [4.69, 9.17) is 4.74 Å². The molecule has 0 bridgehead atoms. The summed E-state index contributed by atoms with van der Waals surface area (Å²) in [6.07, 6.45) is -1.59. The molecule has 3 rings (SSSR count). The third-order valence-electron chi connectivity index (χ3n) is 3.96. The fraction of sp³-hybridized carbons (Fsp3) is 0.211. The molecule has 0 amide bonds. The second-order valence-electron chi connectivity index (χ2n) is 5.79. The Bertz CT molecular complexity index is 1040. The topological polar surface area (TPSA) is 61.2 Å². The van der Waals surface area contributed by atoms with Crippen molar-refractivity contribution >= 4 is 17.0 Å². The number of rotatable bonds is 4. The van der Waals surface area contributed by atoms with Gasteiger partial charge in [0.05, 0.1) is 17.6 Å². The van der Waals surface area contributed by atoms with E-state index in [2.05, 4.69) is 4.98 Å². The number of ether oxygens (including phenoxy) is 1. The van der Waals surface area contributed by atoms with Gasteiger partial charge in [-0.15, -0.1) is 0 Å². The number of halogens is 3. The summed E-state index contributed by atoms with van der Waals surface area (Å²) in [6, 6.07) is 7.77. The lowest BCUT2D eigenvalue weighted by molar-refractivity contribution is -0.137. The molecule has 140 valence electrons. The van der Waals surface area contributed by atoms with E-state index in [9.17, 15) is 22.8 Å². The Morgan fingerprint density at radius 2 is 1.89 bits per heavy atom. The van der Waals surface area contributed by atoms with Crippen molar-refractivity contribution in [3.63, 3.8) is 0 Å². The van der Waals surface area contributed by atoms with Crippen LogP contribution in [0.15, 0.2) is 53.6 Å². The predicted octanol–water partition coefficient (Wildman–Crippen LogP) is 3.64. The number of benzene rings is 1. The molecular weight excluding hydrogens is 361 g/mol. The molecular formula is C19H15F3N2O3. The van der Waals surface area contributed by atoms with Gasteiger partial charge in [0.1, 0.15) is 11.2 Å². The normalized spacial score (nSPS) is 11.6. The van der Waals surface area contributed by atoms with E-state index in [1.54, 1.807) is 17.6 Å². The molecule has 2 aromatic heterocycles. The number of aromatic nitrogens is 2. The molecule has 5 nitrogen and oxygen atoms in total. The first-order chi connectivity index (χ1) is 12.8. The zero-order chi connectivity index (χ0) is 19.6. The number of pyridine rings is 2. The third kappa shape index (κ3) is 3.84. The first kappa shape index (κ1) is 18.6. The van der Waals surface area contributed by atoms with Gasteiger partial charge in [0, 0.05) is 18.9 Å². The average Bonchev–Trinajstić information content (AvgIpc) is 2.64. The predicted molar refractivity (Wildman–Crippen MR) is 92.5 cm³/mol. The van der Waals surface area contributed by atoms with Crippen molar-refractivity contribution in [3.8, 4) is 0 Å². The highest BCUT2D eigenvalue weighted by Gasteiger charge is 2.30. The van der Waals surface area contributed by atoms with Crippen molar-refractivity contribution in [3.05, 3.63) is 75.7 Å². The SMILES string of the molecule is CCOC(=O)c1cn(Cc2ccc(C(F)(F)F)cc2)c2ncccc2c1=O. The lowest BCUT2D eigenvalue weighted by atomic mass is 10.1. The molecule has 0 saturated heterocycles. The Kier molecular flexibility index (Phi) is 4.98. The average molecular weight is 376 g/mol. The number of nitrogens with zero attached hydrogens (tertiary/aromatic N) is 2. The second-order valence-corrected chi connectivity index (χ2v) is 5.79. The molecule has 8 heteroatoms. The molecule has 0 aliphatic rings. The van der Waals surface area contributed by atoms with E-state index >= 15 is 0 Å². The van der Waals surface area contributed by atoms with E-state index in [1.807, 2.05) is 0 Å². The molecule has 0 fully saturated rings. The van der Waals surface area contributed by atoms with Crippen LogP contribution in [0.4, 0.5) is 13.2 Å². The molecule has 0 aliphatic carbocycles. The highest BCUT2D eigenvalue weighted by Crippen LogP contribution is 2.29. The summed E-state index contributed by atoms with van der Waals surface area (Å²) in [6.45, 7) is 1.88. The minimum atomic E-state index is -4.42. The van der Waals surface area contributed by atoms with Crippen LogP contribution in [0.1, 0.15) is 28.4 Å². The van der Waals surface area contributed by atoms with Gasteiger partial charge >= 0.3 is 12.1 Å². The number of fused-ring (bicyclic) bond motifs is 1. The van der Waals surface area contributed by atoms with Crippen molar-refractivity contribution in [1.82, 2.24) is 9.55 Å². The quantitative estimate of drug-likeness (QED) is 0.653. The highest BCUT2D eigenvalue weighted by molar-refractivity contribution is 5.93. The lowest BCUT2D eigenvalue weighted by Crippen LogP contribution is -2.21. The van der Waals surface area contributed by atoms with Crippen LogP contribution in [-0.2, 0) is 17.5 Å². The lowest BCUT2D eigenvalue weighted by Gasteiger charge is -2.13. The first-order valence-electron chi connectivity index (χ1n) is 8.12. The van der Waals surface area contributed by atoms with Crippen molar-refractivity contribution in [1.29, 1.82) is 0 Å². The third-order valence-corrected chi connectivity index (χ3v) is 3.96. The zero-order valence-electron chi connectivity index (χ0n) is 14.3. The summed E-state index contributed by atoms with van der Waals surface area (Å²) in [4.78, 5) is 28.8. The minimum absolute atomic E-state index is 0.113. The second kappa shape index (κ2) is 7.22. The van der Waals surface area contributed by atoms with E-state index in [-0.39, 0.29) is 24.1 Å². The molecule has 0 spiro atoms. The molecule has 2 heterocycles. The van der Waals surface area contributed by atoms with Crippen LogP contribution >= 0.6 is 0 Å². The maximum Gasteiger partial charge on any atom is 0.416 e. The first-order valence-corrected chi connectivity index (χ1v) is 8.12. The van der Waals surface area contributed by atoms with Crippen LogP contribution in [0, 0.1) is 0 Å². The molecule has 1 aromatic carbocycles. The molecule has 0 N–H and O–H groups in total. The number of carbonyl (C=O) groups excluding carboxylic acids is 1. The standard InChI is InChI=1S/C19H15F3N2O3/c1-2-27-18(26)15-11-24(17-14(16(15)25)4-3-9-23-17)10-12-5-7-13(8-6-12)19(20,21)22/h3-9,11H,2,10H2,1H3.